The molecule has 2 aromatic rings. The standard InChI is InChI=1S/C17H25NS/c1-13(2)10-18-12-17(3,4)9-14-11-19-16-8-6-5-7-15(14)16/h5-8,11,13,18H,9-10,12H2,1-4H3. The minimum absolute atomic E-state index is 0.304. The van der Waals surface area contributed by atoms with E-state index in [2.05, 4.69) is 62.7 Å². The molecule has 1 heterocycles. The number of benzene rings is 1. The van der Waals surface area contributed by atoms with Gasteiger partial charge in [0.25, 0.3) is 0 Å². The second-order valence-electron chi connectivity index (χ2n) is 6.62. The second kappa shape index (κ2) is 6.06. The van der Waals surface area contributed by atoms with E-state index in [1.165, 1.54) is 15.6 Å². The monoisotopic (exact) mass is 275 g/mol. The Balaban J connectivity index is 2.03. The maximum absolute atomic E-state index is 3.59. The van der Waals surface area contributed by atoms with E-state index in [0.29, 0.717) is 5.41 Å². The van der Waals surface area contributed by atoms with Gasteiger partial charge in [-0.05, 0) is 46.7 Å². The van der Waals surface area contributed by atoms with Crippen LogP contribution in [0.1, 0.15) is 33.3 Å². The van der Waals surface area contributed by atoms with Crippen molar-refractivity contribution in [2.75, 3.05) is 13.1 Å². The fourth-order valence-electron chi connectivity index (χ4n) is 2.45. The SMILES string of the molecule is CC(C)CNCC(C)(C)Cc1csc2ccccc12. The van der Waals surface area contributed by atoms with Gasteiger partial charge in [-0.15, -0.1) is 11.3 Å². The molecule has 0 radical (unpaired) electrons. The third-order valence-corrected chi connectivity index (χ3v) is 4.40. The Labute approximate surface area is 121 Å². The Bertz CT molecular complexity index is 525. The van der Waals surface area contributed by atoms with Crippen molar-refractivity contribution in [2.24, 2.45) is 11.3 Å². The van der Waals surface area contributed by atoms with Gasteiger partial charge < -0.3 is 5.32 Å². The minimum Gasteiger partial charge on any atom is -0.316 e. The molecule has 0 spiro atoms. The Hall–Kier alpha value is -0.860. The molecule has 2 heteroatoms. The predicted octanol–water partition coefficient (Wildman–Crippen LogP) is 4.72. The summed E-state index contributed by atoms with van der Waals surface area (Å²) in [7, 11) is 0. The second-order valence-corrected chi connectivity index (χ2v) is 7.53. The zero-order chi connectivity index (χ0) is 13.9. The van der Waals surface area contributed by atoms with E-state index in [1.54, 1.807) is 0 Å². The van der Waals surface area contributed by atoms with Crippen LogP contribution >= 0.6 is 11.3 Å². The lowest BCUT2D eigenvalue weighted by Gasteiger charge is -2.25. The van der Waals surface area contributed by atoms with Crippen molar-refractivity contribution in [1.82, 2.24) is 5.32 Å². The van der Waals surface area contributed by atoms with Gasteiger partial charge in [0.05, 0.1) is 0 Å². The van der Waals surface area contributed by atoms with E-state index in [1.807, 2.05) is 11.3 Å². The van der Waals surface area contributed by atoms with Gasteiger partial charge in [0.1, 0.15) is 0 Å². The first-order valence-electron chi connectivity index (χ1n) is 7.14. The zero-order valence-electron chi connectivity index (χ0n) is 12.5. The Kier molecular flexibility index (Phi) is 4.64. The summed E-state index contributed by atoms with van der Waals surface area (Å²) in [5.41, 5.74) is 1.80. The van der Waals surface area contributed by atoms with Gasteiger partial charge in [-0.3, -0.25) is 0 Å². The van der Waals surface area contributed by atoms with Crippen molar-refractivity contribution >= 4 is 21.4 Å². The van der Waals surface area contributed by atoms with Crippen LogP contribution < -0.4 is 5.32 Å². The highest BCUT2D eigenvalue weighted by molar-refractivity contribution is 7.17. The molecule has 0 aliphatic heterocycles. The Morgan fingerprint density at radius 2 is 1.95 bits per heavy atom. The van der Waals surface area contributed by atoms with E-state index in [4.69, 9.17) is 0 Å². The smallest absolute Gasteiger partial charge is 0.0345 e. The molecule has 1 aromatic carbocycles. The van der Waals surface area contributed by atoms with E-state index in [0.717, 1.165) is 25.4 Å². The van der Waals surface area contributed by atoms with Crippen LogP contribution in [0, 0.1) is 11.3 Å². The summed E-state index contributed by atoms with van der Waals surface area (Å²) in [5.74, 6) is 0.720. The molecule has 1 nitrogen and oxygen atoms in total. The zero-order valence-corrected chi connectivity index (χ0v) is 13.3. The highest BCUT2D eigenvalue weighted by Crippen LogP contribution is 2.31. The molecule has 0 bridgehead atoms. The summed E-state index contributed by atoms with van der Waals surface area (Å²) in [4.78, 5) is 0. The lowest BCUT2D eigenvalue weighted by atomic mass is 9.85. The first-order valence-corrected chi connectivity index (χ1v) is 8.02. The lowest BCUT2D eigenvalue weighted by molar-refractivity contribution is 0.331. The molecule has 0 atom stereocenters. The normalized spacial score (nSPS) is 12.5. The van der Waals surface area contributed by atoms with Crippen molar-refractivity contribution in [3.63, 3.8) is 0 Å². The van der Waals surface area contributed by atoms with Crippen molar-refractivity contribution in [3.05, 3.63) is 35.2 Å². The number of hydrogen-bond acceptors (Lipinski definition) is 2. The van der Waals surface area contributed by atoms with Gasteiger partial charge in [-0.2, -0.15) is 0 Å². The molecule has 0 saturated heterocycles. The molecular formula is C17H25NS. The van der Waals surface area contributed by atoms with Crippen molar-refractivity contribution < 1.29 is 0 Å². The van der Waals surface area contributed by atoms with Crippen LogP contribution in [0.4, 0.5) is 0 Å². The molecule has 0 fully saturated rings. The van der Waals surface area contributed by atoms with Gasteiger partial charge >= 0.3 is 0 Å². The third kappa shape index (κ3) is 4.05. The molecule has 104 valence electrons. The average Bonchev–Trinajstić information content (AvgIpc) is 2.71. The van der Waals surface area contributed by atoms with E-state index in [9.17, 15) is 0 Å². The molecule has 0 unspecified atom stereocenters. The van der Waals surface area contributed by atoms with Crippen molar-refractivity contribution in [1.29, 1.82) is 0 Å². The fourth-order valence-corrected chi connectivity index (χ4v) is 3.41. The van der Waals surface area contributed by atoms with E-state index < -0.39 is 0 Å². The number of thiophene rings is 1. The quantitative estimate of drug-likeness (QED) is 0.804. The van der Waals surface area contributed by atoms with Crippen LogP contribution in [0.2, 0.25) is 0 Å². The van der Waals surface area contributed by atoms with Crippen LogP contribution in [-0.4, -0.2) is 13.1 Å². The van der Waals surface area contributed by atoms with Crippen LogP contribution in [0.15, 0.2) is 29.6 Å². The molecule has 19 heavy (non-hydrogen) atoms. The largest absolute Gasteiger partial charge is 0.316 e. The van der Waals surface area contributed by atoms with E-state index in [-0.39, 0.29) is 0 Å². The van der Waals surface area contributed by atoms with Crippen LogP contribution in [0.3, 0.4) is 0 Å². The lowest BCUT2D eigenvalue weighted by Crippen LogP contribution is -2.33. The number of fused-ring (bicyclic) bond motifs is 1. The highest BCUT2D eigenvalue weighted by Gasteiger charge is 2.20. The topological polar surface area (TPSA) is 12.0 Å². The Morgan fingerprint density at radius 1 is 1.21 bits per heavy atom. The molecule has 1 N–H and O–H groups in total. The number of hydrogen-bond donors (Lipinski definition) is 1. The third-order valence-electron chi connectivity index (χ3n) is 3.39. The van der Waals surface area contributed by atoms with Crippen molar-refractivity contribution in [3.8, 4) is 0 Å². The van der Waals surface area contributed by atoms with Gasteiger partial charge in [-0.25, -0.2) is 0 Å². The van der Waals surface area contributed by atoms with Crippen molar-refractivity contribution in [2.45, 2.75) is 34.1 Å². The first-order chi connectivity index (χ1) is 8.98. The van der Waals surface area contributed by atoms with Gasteiger partial charge in [0.2, 0.25) is 0 Å². The molecule has 2 rings (SSSR count). The van der Waals surface area contributed by atoms with Gasteiger partial charge in [0, 0.05) is 11.2 Å². The van der Waals surface area contributed by atoms with Crippen LogP contribution in [-0.2, 0) is 6.42 Å². The summed E-state index contributed by atoms with van der Waals surface area (Å²) >= 11 is 1.86. The Morgan fingerprint density at radius 3 is 2.68 bits per heavy atom. The molecular weight excluding hydrogens is 250 g/mol. The highest BCUT2D eigenvalue weighted by atomic mass is 32.1. The minimum atomic E-state index is 0.304. The number of rotatable bonds is 6. The molecule has 1 aromatic heterocycles. The van der Waals surface area contributed by atoms with Gasteiger partial charge in [0.15, 0.2) is 0 Å². The summed E-state index contributed by atoms with van der Waals surface area (Å²) < 4.78 is 1.41. The summed E-state index contributed by atoms with van der Waals surface area (Å²) in [6.07, 6.45) is 1.14. The summed E-state index contributed by atoms with van der Waals surface area (Å²) in [5, 5.41) is 7.35. The maximum Gasteiger partial charge on any atom is 0.0345 e. The first kappa shape index (κ1) is 14.5. The molecule has 0 aliphatic rings. The van der Waals surface area contributed by atoms with Crippen LogP contribution in [0.25, 0.3) is 10.1 Å². The summed E-state index contributed by atoms with van der Waals surface area (Å²) in [6, 6.07) is 8.73. The number of nitrogens with one attached hydrogen (secondary N) is 1. The maximum atomic E-state index is 3.59. The summed E-state index contributed by atoms with van der Waals surface area (Å²) in [6.45, 7) is 11.4. The fraction of sp³-hybridized carbons (Fsp3) is 0.529. The van der Waals surface area contributed by atoms with Gasteiger partial charge in [-0.1, -0.05) is 45.9 Å². The van der Waals surface area contributed by atoms with Crippen LogP contribution in [0.5, 0.6) is 0 Å². The average molecular weight is 275 g/mol. The molecule has 0 amide bonds. The predicted molar refractivity (Wildman–Crippen MR) is 87.0 cm³/mol. The van der Waals surface area contributed by atoms with E-state index >= 15 is 0 Å². The molecule has 0 aliphatic carbocycles. The molecule has 0 saturated carbocycles.